The third-order valence-electron chi connectivity index (χ3n) is 6.19. The fraction of sp³-hybridized carbons (Fsp3) is 0.346. The number of rotatable bonds is 6. The summed E-state index contributed by atoms with van der Waals surface area (Å²) in [6.07, 6.45) is 0. The van der Waals surface area contributed by atoms with Gasteiger partial charge >= 0.3 is 6.03 Å². The topological polar surface area (TPSA) is 103 Å². The molecule has 0 saturated carbocycles. The number of carbonyl (C=O) groups is 1. The fourth-order valence-corrected chi connectivity index (χ4v) is 4.53. The van der Waals surface area contributed by atoms with Gasteiger partial charge in [0, 0.05) is 56.1 Å². The fourth-order valence-electron chi connectivity index (χ4n) is 4.53. The lowest BCUT2D eigenvalue weighted by Crippen LogP contribution is -2.37. The lowest BCUT2D eigenvalue weighted by atomic mass is 10.1. The average Bonchev–Trinajstić information content (AvgIpc) is 3.27. The first-order chi connectivity index (χ1) is 17.1. The number of aromatic hydroxyl groups is 1. The summed E-state index contributed by atoms with van der Waals surface area (Å²) in [7, 11) is 0. The lowest BCUT2D eigenvalue weighted by molar-refractivity contribution is 0.122. The van der Waals surface area contributed by atoms with E-state index in [1.807, 2.05) is 43.3 Å². The molecule has 3 N–H and O–H groups in total. The largest absolute Gasteiger partial charge is 0.508 e. The van der Waals surface area contributed by atoms with Gasteiger partial charge in [0.2, 0.25) is 0 Å². The van der Waals surface area contributed by atoms with Gasteiger partial charge in [0.05, 0.1) is 18.9 Å². The van der Waals surface area contributed by atoms with Crippen molar-refractivity contribution >= 4 is 17.5 Å². The van der Waals surface area contributed by atoms with Gasteiger partial charge in [0.15, 0.2) is 5.82 Å². The molecule has 9 nitrogen and oxygen atoms in total. The maximum absolute atomic E-state index is 11.8. The van der Waals surface area contributed by atoms with Crippen molar-refractivity contribution < 1.29 is 14.6 Å². The molecule has 1 saturated heterocycles. The Labute approximate surface area is 204 Å². The van der Waals surface area contributed by atoms with Crippen LogP contribution in [0.2, 0.25) is 0 Å². The van der Waals surface area contributed by atoms with E-state index in [1.54, 1.807) is 12.1 Å². The van der Waals surface area contributed by atoms with Crippen LogP contribution in [-0.2, 0) is 24.4 Å². The first-order valence-corrected chi connectivity index (χ1v) is 12.0. The standard InChI is InChI=1S/C26H30N6O3/c1-2-27-26(34)28-20-8-6-19(7-9-20)24-29-23-17-31(15-18-4-3-5-21(33)14-18)16-22(23)25(30-24)32-10-12-35-13-11-32/h3-9,14,33H,2,10-13,15-17H2,1H3,(H2,27,28,34). The summed E-state index contributed by atoms with van der Waals surface area (Å²) in [5.41, 5.74) is 4.86. The van der Waals surface area contributed by atoms with Crippen LogP contribution in [0.5, 0.6) is 5.75 Å². The highest BCUT2D eigenvalue weighted by molar-refractivity contribution is 5.89. The number of carbonyl (C=O) groups excluding carboxylic acids is 1. The summed E-state index contributed by atoms with van der Waals surface area (Å²) in [4.78, 5) is 26.4. The van der Waals surface area contributed by atoms with Crippen LogP contribution in [-0.4, -0.2) is 58.9 Å². The predicted molar refractivity (Wildman–Crippen MR) is 134 cm³/mol. The molecule has 0 aliphatic carbocycles. The number of phenolic OH excluding ortho intramolecular Hbond substituents is 1. The number of morpholine rings is 1. The normalized spacial score (nSPS) is 15.6. The molecule has 1 aromatic heterocycles. The third-order valence-corrected chi connectivity index (χ3v) is 6.19. The van der Waals surface area contributed by atoms with Crippen molar-refractivity contribution in [1.29, 1.82) is 0 Å². The second-order valence-electron chi connectivity index (χ2n) is 8.77. The van der Waals surface area contributed by atoms with Gasteiger partial charge in [0.25, 0.3) is 0 Å². The number of anilines is 2. The summed E-state index contributed by atoms with van der Waals surface area (Å²) in [6, 6.07) is 14.8. The Morgan fingerprint density at radius 3 is 2.63 bits per heavy atom. The Kier molecular flexibility index (Phi) is 6.78. The predicted octanol–water partition coefficient (Wildman–Crippen LogP) is 3.34. The van der Waals surface area contributed by atoms with Crippen molar-refractivity contribution in [3.8, 4) is 17.1 Å². The number of urea groups is 1. The summed E-state index contributed by atoms with van der Waals surface area (Å²) >= 11 is 0. The van der Waals surface area contributed by atoms with E-state index in [-0.39, 0.29) is 11.8 Å². The average molecular weight is 475 g/mol. The molecule has 5 rings (SSSR count). The molecule has 1 fully saturated rings. The maximum Gasteiger partial charge on any atom is 0.319 e. The number of fused-ring (bicyclic) bond motifs is 1. The quantitative estimate of drug-likeness (QED) is 0.504. The van der Waals surface area contributed by atoms with E-state index >= 15 is 0 Å². The van der Waals surface area contributed by atoms with E-state index in [0.29, 0.717) is 37.8 Å². The molecule has 2 aliphatic heterocycles. The van der Waals surface area contributed by atoms with Gasteiger partial charge in [-0.2, -0.15) is 0 Å². The molecule has 182 valence electrons. The smallest absolute Gasteiger partial charge is 0.319 e. The van der Waals surface area contributed by atoms with Gasteiger partial charge in [-0.15, -0.1) is 0 Å². The van der Waals surface area contributed by atoms with E-state index < -0.39 is 0 Å². The molecule has 3 heterocycles. The number of hydrogen-bond donors (Lipinski definition) is 3. The van der Waals surface area contributed by atoms with Crippen LogP contribution in [0.25, 0.3) is 11.4 Å². The second kappa shape index (κ2) is 10.3. The lowest BCUT2D eigenvalue weighted by Gasteiger charge is -2.29. The summed E-state index contributed by atoms with van der Waals surface area (Å²) in [6.45, 7) is 7.60. The van der Waals surface area contributed by atoms with E-state index in [1.165, 1.54) is 0 Å². The minimum Gasteiger partial charge on any atom is -0.508 e. The second-order valence-corrected chi connectivity index (χ2v) is 8.77. The minimum absolute atomic E-state index is 0.226. The molecule has 9 heteroatoms. The number of aromatic nitrogens is 2. The number of phenols is 1. The van der Waals surface area contributed by atoms with Crippen molar-refractivity contribution in [2.75, 3.05) is 43.1 Å². The monoisotopic (exact) mass is 474 g/mol. The van der Waals surface area contributed by atoms with Crippen LogP contribution in [0.15, 0.2) is 48.5 Å². The zero-order valence-electron chi connectivity index (χ0n) is 19.8. The highest BCUT2D eigenvalue weighted by atomic mass is 16.5. The van der Waals surface area contributed by atoms with E-state index in [4.69, 9.17) is 14.7 Å². The summed E-state index contributed by atoms with van der Waals surface area (Å²) < 4.78 is 5.57. The Morgan fingerprint density at radius 2 is 1.89 bits per heavy atom. The molecule has 2 aromatic carbocycles. The molecule has 0 unspecified atom stereocenters. The van der Waals surface area contributed by atoms with Crippen LogP contribution < -0.4 is 15.5 Å². The van der Waals surface area contributed by atoms with Gasteiger partial charge in [-0.05, 0) is 48.9 Å². The number of nitrogens with zero attached hydrogens (tertiary/aromatic N) is 4. The number of hydrogen-bond acceptors (Lipinski definition) is 7. The maximum atomic E-state index is 11.8. The molecule has 2 aliphatic rings. The van der Waals surface area contributed by atoms with Crippen LogP contribution in [0, 0.1) is 0 Å². The highest BCUT2D eigenvalue weighted by Gasteiger charge is 2.28. The summed E-state index contributed by atoms with van der Waals surface area (Å²) in [5.74, 6) is 1.92. The Bertz CT molecular complexity index is 1190. The van der Waals surface area contributed by atoms with Crippen molar-refractivity contribution in [2.24, 2.45) is 0 Å². The molecule has 0 atom stereocenters. The van der Waals surface area contributed by atoms with Crippen molar-refractivity contribution in [3.05, 3.63) is 65.4 Å². The molecule has 0 spiro atoms. The minimum atomic E-state index is -0.226. The van der Waals surface area contributed by atoms with E-state index in [2.05, 4.69) is 20.4 Å². The van der Waals surface area contributed by atoms with Crippen LogP contribution in [0.3, 0.4) is 0 Å². The Morgan fingerprint density at radius 1 is 1.09 bits per heavy atom. The first-order valence-electron chi connectivity index (χ1n) is 12.0. The molecule has 2 amide bonds. The van der Waals surface area contributed by atoms with Crippen molar-refractivity contribution in [1.82, 2.24) is 20.2 Å². The highest BCUT2D eigenvalue weighted by Crippen LogP contribution is 2.33. The molecule has 3 aromatic rings. The van der Waals surface area contributed by atoms with Crippen molar-refractivity contribution in [2.45, 2.75) is 26.6 Å². The molecule has 35 heavy (non-hydrogen) atoms. The number of nitrogens with one attached hydrogen (secondary N) is 2. The van der Waals surface area contributed by atoms with E-state index in [9.17, 15) is 9.90 Å². The third kappa shape index (κ3) is 5.36. The molecule has 0 bridgehead atoms. The zero-order chi connectivity index (χ0) is 24.2. The summed E-state index contributed by atoms with van der Waals surface area (Å²) in [5, 5.41) is 15.4. The number of ether oxygens (including phenoxy) is 1. The first kappa shape index (κ1) is 23.1. The molecular weight excluding hydrogens is 444 g/mol. The van der Waals surface area contributed by atoms with Gasteiger partial charge in [-0.1, -0.05) is 12.1 Å². The van der Waals surface area contributed by atoms with Crippen LogP contribution >= 0.6 is 0 Å². The van der Waals surface area contributed by atoms with Gasteiger partial charge in [-0.25, -0.2) is 14.8 Å². The number of benzene rings is 2. The van der Waals surface area contributed by atoms with Gasteiger partial charge in [0.1, 0.15) is 11.6 Å². The molecule has 0 radical (unpaired) electrons. The number of amides is 2. The molecular formula is C26H30N6O3. The van der Waals surface area contributed by atoms with Gasteiger partial charge < -0.3 is 25.4 Å². The SMILES string of the molecule is CCNC(=O)Nc1ccc(-c2nc3c(c(N4CCOCC4)n2)CN(Cc2cccc(O)c2)C3)cc1. The van der Waals surface area contributed by atoms with Crippen LogP contribution in [0.4, 0.5) is 16.3 Å². The van der Waals surface area contributed by atoms with Crippen LogP contribution in [0.1, 0.15) is 23.7 Å². The Hall–Kier alpha value is -3.69. The van der Waals surface area contributed by atoms with E-state index in [0.717, 1.165) is 54.4 Å². The van der Waals surface area contributed by atoms with Gasteiger partial charge in [-0.3, -0.25) is 4.90 Å². The van der Waals surface area contributed by atoms with Crippen molar-refractivity contribution in [3.63, 3.8) is 0 Å². The Balaban J connectivity index is 1.42. The zero-order valence-corrected chi connectivity index (χ0v) is 19.8.